The van der Waals surface area contributed by atoms with E-state index in [1.165, 1.54) is 0 Å². The van der Waals surface area contributed by atoms with Gasteiger partial charge < -0.3 is 9.64 Å². The average Bonchev–Trinajstić information content (AvgIpc) is 2.79. The summed E-state index contributed by atoms with van der Waals surface area (Å²) in [4.78, 5) is 14.2. The van der Waals surface area contributed by atoms with Crippen LogP contribution in [0.3, 0.4) is 0 Å². The van der Waals surface area contributed by atoms with E-state index in [-0.39, 0.29) is 5.91 Å². The molecule has 1 aliphatic heterocycles. The summed E-state index contributed by atoms with van der Waals surface area (Å²) in [5.74, 6) is 1.14. The van der Waals surface area contributed by atoms with E-state index in [9.17, 15) is 4.79 Å². The monoisotopic (exact) mass is 379 g/mol. The topological polar surface area (TPSA) is 29.5 Å². The van der Waals surface area contributed by atoms with E-state index in [2.05, 4.69) is 0 Å². The molecule has 0 aromatic heterocycles. The van der Waals surface area contributed by atoms with Crippen molar-refractivity contribution in [3.05, 3.63) is 57.6 Å². The van der Waals surface area contributed by atoms with Crippen LogP contribution in [0.1, 0.15) is 11.1 Å². The zero-order valence-corrected chi connectivity index (χ0v) is 15.5. The number of carbonyl (C=O) groups excluding carboxylic acids is 1. The molecule has 0 spiro atoms. The Morgan fingerprint density at radius 1 is 1.17 bits per heavy atom. The fourth-order valence-corrected chi connectivity index (χ4v) is 3.19. The molecule has 0 saturated carbocycles. The maximum absolute atomic E-state index is 12.6. The van der Waals surface area contributed by atoms with Crippen molar-refractivity contribution in [2.75, 3.05) is 24.1 Å². The van der Waals surface area contributed by atoms with Gasteiger partial charge in [-0.2, -0.15) is 0 Å². The lowest BCUT2D eigenvalue weighted by Crippen LogP contribution is -2.20. The number of halogens is 2. The summed E-state index contributed by atoms with van der Waals surface area (Å²) < 4.78 is 5.73. The number of carbonyl (C=O) groups is 1. The van der Waals surface area contributed by atoms with Crippen LogP contribution in [0.2, 0.25) is 10.0 Å². The minimum absolute atomic E-state index is 0.0805. The van der Waals surface area contributed by atoms with Gasteiger partial charge in [0.1, 0.15) is 11.7 Å². The number of nitrogens with zero attached hydrogens (tertiary/aromatic N) is 1. The van der Waals surface area contributed by atoms with Crippen molar-refractivity contribution in [1.29, 1.82) is 0 Å². The number of amides is 1. The molecule has 6 heteroatoms. The number of hydrogen-bond acceptors (Lipinski definition) is 3. The van der Waals surface area contributed by atoms with Gasteiger partial charge in [-0.05, 0) is 42.7 Å². The van der Waals surface area contributed by atoms with E-state index in [4.69, 9.17) is 27.9 Å². The fourth-order valence-electron chi connectivity index (χ4n) is 2.60. The van der Waals surface area contributed by atoms with Crippen LogP contribution < -0.4 is 9.64 Å². The Labute approximate surface area is 155 Å². The Morgan fingerprint density at radius 2 is 1.88 bits per heavy atom. The van der Waals surface area contributed by atoms with Gasteiger partial charge in [-0.15, -0.1) is 11.8 Å². The molecular formula is C18H15Cl2NO2S. The summed E-state index contributed by atoms with van der Waals surface area (Å²) >= 11 is 13.7. The van der Waals surface area contributed by atoms with Crippen molar-refractivity contribution in [3.63, 3.8) is 0 Å². The molecule has 0 N–H and O–H groups in total. The summed E-state index contributed by atoms with van der Waals surface area (Å²) in [7, 11) is 1.74. The molecule has 1 amide bonds. The Balaban J connectivity index is 2.09. The normalized spacial score (nSPS) is 15.1. The number of benzene rings is 2. The second kappa shape index (κ2) is 7.09. The van der Waals surface area contributed by atoms with Gasteiger partial charge in [0, 0.05) is 33.8 Å². The average molecular weight is 380 g/mol. The first-order valence-corrected chi connectivity index (χ1v) is 9.37. The third kappa shape index (κ3) is 3.27. The number of thioether (sulfide) groups is 1. The second-order valence-corrected chi connectivity index (χ2v) is 7.00. The zero-order valence-electron chi connectivity index (χ0n) is 13.2. The third-order valence-corrected chi connectivity index (χ3v) is 4.57. The zero-order chi connectivity index (χ0) is 17.3. The molecular weight excluding hydrogens is 365 g/mol. The van der Waals surface area contributed by atoms with Crippen LogP contribution in [0.5, 0.6) is 5.75 Å². The van der Waals surface area contributed by atoms with Gasteiger partial charge in [0.2, 0.25) is 0 Å². The molecule has 24 heavy (non-hydrogen) atoms. The molecule has 3 nitrogen and oxygen atoms in total. The summed E-state index contributed by atoms with van der Waals surface area (Å²) in [5.41, 5.74) is 3.02. The third-order valence-electron chi connectivity index (χ3n) is 3.75. The lowest BCUT2D eigenvalue weighted by Gasteiger charge is -2.09. The van der Waals surface area contributed by atoms with Crippen LogP contribution in [-0.4, -0.2) is 25.1 Å². The molecule has 1 aliphatic rings. The SMILES string of the molecule is CSCOc1ccc(Cl)cc1/C=C1/C(=O)N(C)c2cc(Cl)ccc21. The standard InChI is InChI=1S/C18H15Cl2NO2S/c1-21-16-9-13(20)3-5-14(16)15(18(21)22)8-11-7-12(19)4-6-17(11)23-10-24-2/h3-9H,10H2,1-2H3/b15-8+. The first-order chi connectivity index (χ1) is 11.5. The molecule has 1 heterocycles. The van der Waals surface area contributed by atoms with Crippen LogP contribution >= 0.6 is 35.0 Å². The van der Waals surface area contributed by atoms with E-state index in [1.54, 1.807) is 48.0 Å². The number of likely N-dealkylation sites (N-methyl/N-ethyl adjacent to an activating group) is 1. The van der Waals surface area contributed by atoms with Crippen LogP contribution in [-0.2, 0) is 4.79 Å². The largest absolute Gasteiger partial charge is 0.482 e. The smallest absolute Gasteiger partial charge is 0.258 e. The van der Waals surface area contributed by atoms with E-state index in [1.807, 2.05) is 24.5 Å². The molecule has 0 unspecified atom stereocenters. The molecule has 2 aromatic rings. The lowest BCUT2D eigenvalue weighted by molar-refractivity contribution is -0.112. The van der Waals surface area contributed by atoms with Crippen LogP contribution in [0.15, 0.2) is 36.4 Å². The maximum Gasteiger partial charge on any atom is 0.258 e. The predicted octanol–water partition coefficient (Wildman–Crippen LogP) is 5.21. The molecule has 0 fully saturated rings. The summed E-state index contributed by atoms with van der Waals surface area (Å²) in [6.07, 6.45) is 3.78. The molecule has 0 aliphatic carbocycles. The molecule has 0 saturated heterocycles. The number of rotatable bonds is 4. The van der Waals surface area contributed by atoms with Gasteiger partial charge >= 0.3 is 0 Å². The predicted molar refractivity (Wildman–Crippen MR) is 103 cm³/mol. The van der Waals surface area contributed by atoms with Gasteiger partial charge in [0.05, 0.1) is 5.69 Å². The minimum Gasteiger partial charge on any atom is -0.482 e. The summed E-state index contributed by atoms with van der Waals surface area (Å²) in [6, 6.07) is 10.8. The molecule has 0 bridgehead atoms. The highest BCUT2D eigenvalue weighted by Crippen LogP contribution is 2.39. The van der Waals surface area contributed by atoms with E-state index >= 15 is 0 Å². The van der Waals surface area contributed by atoms with Gasteiger partial charge in [-0.3, -0.25) is 4.79 Å². The van der Waals surface area contributed by atoms with Gasteiger partial charge in [0.25, 0.3) is 5.91 Å². The molecule has 2 aromatic carbocycles. The number of fused-ring (bicyclic) bond motifs is 1. The minimum atomic E-state index is -0.0805. The van der Waals surface area contributed by atoms with Crippen molar-refractivity contribution in [2.24, 2.45) is 0 Å². The number of ether oxygens (including phenoxy) is 1. The van der Waals surface area contributed by atoms with Crippen molar-refractivity contribution < 1.29 is 9.53 Å². The molecule has 124 valence electrons. The summed E-state index contributed by atoms with van der Waals surface area (Å²) in [6.45, 7) is 0. The first kappa shape index (κ1) is 17.2. The fraction of sp³-hybridized carbons (Fsp3) is 0.167. The van der Waals surface area contributed by atoms with E-state index < -0.39 is 0 Å². The Hall–Kier alpha value is -1.62. The number of hydrogen-bond donors (Lipinski definition) is 0. The first-order valence-electron chi connectivity index (χ1n) is 7.22. The second-order valence-electron chi connectivity index (χ2n) is 5.32. The van der Waals surface area contributed by atoms with Crippen molar-refractivity contribution in [1.82, 2.24) is 0 Å². The van der Waals surface area contributed by atoms with E-state index in [0.717, 1.165) is 16.8 Å². The highest BCUT2D eigenvalue weighted by molar-refractivity contribution is 7.98. The molecule has 0 radical (unpaired) electrons. The van der Waals surface area contributed by atoms with Gasteiger partial charge in [0.15, 0.2) is 0 Å². The Morgan fingerprint density at radius 3 is 2.62 bits per heavy atom. The Kier molecular flexibility index (Phi) is 5.09. The maximum atomic E-state index is 12.6. The highest BCUT2D eigenvalue weighted by atomic mass is 35.5. The van der Waals surface area contributed by atoms with Gasteiger partial charge in [-0.1, -0.05) is 29.3 Å². The van der Waals surface area contributed by atoms with E-state index in [0.29, 0.717) is 27.3 Å². The number of anilines is 1. The van der Waals surface area contributed by atoms with Crippen molar-refractivity contribution >= 4 is 58.2 Å². The lowest BCUT2D eigenvalue weighted by atomic mass is 10.0. The quantitative estimate of drug-likeness (QED) is 0.539. The Bertz CT molecular complexity index is 836. The van der Waals surface area contributed by atoms with Crippen LogP contribution in [0.25, 0.3) is 11.6 Å². The highest BCUT2D eigenvalue weighted by Gasteiger charge is 2.30. The van der Waals surface area contributed by atoms with Crippen LogP contribution in [0, 0.1) is 0 Å². The van der Waals surface area contributed by atoms with Crippen molar-refractivity contribution in [2.45, 2.75) is 0 Å². The summed E-state index contributed by atoms with van der Waals surface area (Å²) in [5, 5.41) is 1.19. The van der Waals surface area contributed by atoms with Crippen molar-refractivity contribution in [3.8, 4) is 5.75 Å². The van der Waals surface area contributed by atoms with Gasteiger partial charge in [-0.25, -0.2) is 0 Å². The molecule has 3 rings (SSSR count). The van der Waals surface area contributed by atoms with Crippen LogP contribution in [0.4, 0.5) is 5.69 Å². The molecule has 0 atom stereocenters.